The molecule has 0 aliphatic rings. The summed E-state index contributed by atoms with van der Waals surface area (Å²) in [5.41, 5.74) is 2.12. The zero-order valence-electron chi connectivity index (χ0n) is 16.3. The number of para-hydroxylation sites is 2. The average molecular weight is 405 g/mol. The van der Waals surface area contributed by atoms with Crippen molar-refractivity contribution in [2.24, 2.45) is 0 Å². The van der Waals surface area contributed by atoms with Crippen LogP contribution in [0.1, 0.15) is 0 Å². The molecule has 6 rings (SSSR count). The summed E-state index contributed by atoms with van der Waals surface area (Å²) in [6.07, 6.45) is 0. The van der Waals surface area contributed by atoms with Gasteiger partial charge in [0.25, 0.3) is 0 Å². The number of halogens is 1. The maximum Gasteiger partial charge on any atom is 0.162 e. The fourth-order valence-electron chi connectivity index (χ4n) is 3.93. The summed E-state index contributed by atoms with van der Waals surface area (Å²) in [5.74, 6) is 1.40. The maximum atomic E-state index is 14.1. The average Bonchev–Trinajstić information content (AvgIpc) is 3.23. The molecule has 2 heterocycles. The van der Waals surface area contributed by atoms with E-state index in [1.165, 1.54) is 6.07 Å². The molecule has 0 fully saturated rings. The molecule has 0 saturated heterocycles. The Kier molecular flexibility index (Phi) is 3.89. The molecule has 2 N–H and O–H groups in total. The van der Waals surface area contributed by atoms with Crippen molar-refractivity contribution >= 4 is 44.2 Å². The summed E-state index contributed by atoms with van der Waals surface area (Å²) in [7, 11) is 0. The summed E-state index contributed by atoms with van der Waals surface area (Å²) in [6.45, 7) is 0. The van der Waals surface area contributed by atoms with Crippen molar-refractivity contribution in [3.05, 3.63) is 90.7 Å². The van der Waals surface area contributed by atoms with Gasteiger partial charge in [0.15, 0.2) is 11.6 Å². The molecule has 0 saturated carbocycles. The van der Waals surface area contributed by atoms with Crippen molar-refractivity contribution in [2.75, 3.05) is 5.32 Å². The second-order valence-corrected chi connectivity index (χ2v) is 7.30. The standard InChI is InChI=1S/C25H16FN5/c26-20-13-6-12-19-22(20)30-31-25(19)29-24-18-10-3-4-14-21(18)27-23(28-24)17-11-5-8-15-7-1-2-9-16(15)17/h1-14H,(H2,27,28,29,30,31). The Hall–Kier alpha value is -4.32. The molecule has 0 aliphatic carbocycles. The van der Waals surface area contributed by atoms with Gasteiger partial charge < -0.3 is 5.32 Å². The summed E-state index contributed by atoms with van der Waals surface area (Å²) in [4.78, 5) is 9.68. The van der Waals surface area contributed by atoms with Gasteiger partial charge in [-0.05, 0) is 35.0 Å². The molecule has 0 atom stereocenters. The smallest absolute Gasteiger partial charge is 0.162 e. The molecule has 6 heteroatoms. The highest BCUT2D eigenvalue weighted by molar-refractivity contribution is 5.99. The second kappa shape index (κ2) is 6.88. The predicted octanol–water partition coefficient (Wildman–Crippen LogP) is 6.21. The first-order chi connectivity index (χ1) is 15.3. The number of anilines is 2. The lowest BCUT2D eigenvalue weighted by atomic mass is 10.0. The molecule has 6 aromatic rings. The van der Waals surface area contributed by atoms with Crippen molar-refractivity contribution in [1.82, 2.24) is 20.2 Å². The molecule has 0 aliphatic heterocycles. The van der Waals surface area contributed by atoms with Crippen LogP contribution in [0.4, 0.5) is 16.0 Å². The number of fused-ring (bicyclic) bond motifs is 3. The van der Waals surface area contributed by atoms with Crippen molar-refractivity contribution < 1.29 is 4.39 Å². The van der Waals surface area contributed by atoms with Crippen LogP contribution in [-0.2, 0) is 0 Å². The number of rotatable bonds is 3. The van der Waals surface area contributed by atoms with Crippen LogP contribution in [0, 0.1) is 5.82 Å². The minimum Gasteiger partial charge on any atom is -0.322 e. The summed E-state index contributed by atoms with van der Waals surface area (Å²) in [5, 5.41) is 14.1. The molecular weight excluding hydrogens is 389 g/mol. The lowest BCUT2D eigenvalue weighted by Gasteiger charge is -2.11. The quantitative estimate of drug-likeness (QED) is 0.367. The molecule has 0 bridgehead atoms. The topological polar surface area (TPSA) is 66.5 Å². The van der Waals surface area contributed by atoms with Gasteiger partial charge in [-0.25, -0.2) is 14.4 Å². The van der Waals surface area contributed by atoms with Crippen LogP contribution in [0.25, 0.3) is 44.0 Å². The minimum atomic E-state index is -0.345. The molecule has 0 spiro atoms. The number of nitrogens with one attached hydrogen (secondary N) is 2. The molecule has 0 radical (unpaired) electrons. The first kappa shape index (κ1) is 17.5. The van der Waals surface area contributed by atoms with E-state index in [0.29, 0.717) is 28.4 Å². The molecule has 148 valence electrons. The van der Waals surface area contributed by atoms with Gasteiger partial charge in [-0.2, -0.15) is 5.10 Å². The van der Waals surface area contributed by atoms with E-state index in [2.05, 4.69) is 33.7 Å². The van der Waals surface area contributed by atoms with Crippen LogP contribution in [0.2, 0.25) is 0 Å². The van der Waals surface area contributed by atoms with Gasteiger partial charge in [0.2, 0.25) is 0 Å². The number of benzene rings is 4. The Balaban J connectivity index is 1.56. The van der Waals surface area contributed by atoms with Gasteiger partial charge in [0.1, 0.15) is 17.2 Å². The normalized spacial score (nSPS) is 11.4. The minimum absolute atomic E-state index is 0.345. The van der Waals surface area contributed by atoms with Crippen LogP contribution >= 0.6 is 0 Å². The van der Waals surface area contributed by atoms with E-state index in [9.17, 15) is 4.39 Å². The number of aromatic nitrogens is 4. The molecule has 31 heavy (non-hydrogen) atoms. The molecule has 0 amide bonds. The van der Waals surface area contributed by atoms with Crippen LogP contribution in [0.15, 0.2) is 84.9 Å². The van der Waals surface area contributed by atoms with Gasteiger partial charge in [0, 0.05) is 16.3 Å². The van der Waals surface area contributed by atoms with Crippen molar-refractivity contribution in [3.8, 4) is 11.4 Å². The third-order valence-electron chi connectivity index (χ3n) is 5.42. The zero-order valence-corrected chi connectivity index (χ0v) is 16.3. The number of hydrogen-bond donors (Lipinski definition) is 2. The van der Waals surface area contributed by atoms with Crippen LogP contribution in [-0.4, -0.2) is 20.2 Å². The molecule has 4 aromatic carbocycles. The SMILES string of the molecule is Fc1cccc2c(Nc3nc(-c4cccc5ccccc45)nc4ccccc34)n[nH]c12. The highest BCUT2D eigenvalue weighted by Gasteiger charge is 2.15. The molecule has 0 unspecified atom stereocenters. The molecule has 5 nitrogen and oxygen atoms in total. The fraction of sp³-hybridized carbons (Fsp3) is 0. The third kappa shape index (κ3) is 2.88. The first-order valence-electron chi connectivity index (χ1n) is 9.92. The van der Waals surface area contributed by atoms with Crippen LogP contribution in [0.3, 0.4) is 0 Å². The Labute approximate surface area is 176 Å². The Morgan fingerprint density at radius 1 is 0.677 bits per heavy atom. The first-order valence-corrected chi connectivity index (χ1v) is 9.92. The lowest BCUT2D eigenvalue weighted by Crippen LogP contribution is -2.00. The Bertz CT molecular complexity index is 1580. The number of hydrogen-bond acceptors (Lipinski definition) is 4. The van der Waals surface area contributed by atoms with E-state index in [0.717, 1.165) is 27.2 Å². The largest absolute Gasteiger partial charge is 0.322 e. The van der Waals surface area contributed by atoms with Crippen molar-refractivity contribution in [3.63, 3.8) is 0 Å². The Morgan fingerprint density at radius 3 is 2.35 bits per heavy atom. The van der Waals surface area contributed by atoms with Gasteiger partial charge in [-0.3, -0.25) is 5.10 Å². The van der Waals surface area contributed by atoms with E-state index in [4.69, 9.17) is 9.97 Å². The highest BCUT2D eigenvalue weighted by Crippen LogP contribution is 2.32. The van der Waals surface area contributed by atoms with Gasteiger partial charge in [-0.15, -0.1) is 0 Å². The summed E-state index contributed by atoms with van der Waals surface area (Å²) in [6, 6.07) is 27.0. The van der Waals surface area contributed by atoms with Crippen LogP contribution in [0.5, 0.6) is 0 Å². The third-order valence-corrected chi connectivity index (χ3v) is 5.42. The maximum absolute atomic E-state index is 14.1. The second-order valence-electron chi connectivity index (χ2n) is 7.30. The van der Waals surface area contributed by atoms with E-state index >= 15 is 0 Å². The predicted molar refractivity (Wildman–Crippen MR) is 122 cm³/mol. The summed E-state index contributed by atoms with van der Waals surface area (Å²) >= 11 is 0. The summed E-state index contributed by atoms with van der Waals surface area (Å²) < 4.78 is 14.1. The number of H-pyrrole nitrogens is 1. The molecule has 2 aromatic heterocycles. The number of aromatic amines is 1. The number of nitrogens with zero attached hydrogens (tertiary/aromatic N) is 3. The van der Waals surface area contributed by atoms with Gasteiger partial charge in [-0.1, -0.05) is 60.7 Å². The van der Waals surface area contributed by atoms with E-state index in [1.54, 1.807) is 6.07 Å². The Morgan fingerprint density at radius 2 is 1.42 bits per heavy atom. The lowest BCUT2D eigenvalue weighted by molar-refractivity contribution is 0.636. The van der Waals surface area contributed by atoms with Gasteiger partial charge >= 0.3 is 0 Å². The fourth-order valence-corrected chi connectivity index (χ4v) is 3.93. The highest BCUT2D eigenvalue weighted by atomic mass is 19.1. The zero-order chi connectivity index (χ0) is 20.8. The van der Waals surface area contributed by atoms with E-state index < -0.39 is 0 Å². The van der Waals surface area contributed by atoms with Crippen molar-refractivity contribution in [2.45, 2.75) is 0 Å². The molecular formula is C25H16FN5. The van der Waals surface area contributed by atoms with E-state index in [1.807, 2.05) is 54.6 Å². The van der Waals surface area contributed by atoms with Gasteiger partial charge in [0.05, 0.1) is 5.52 Å². The van der Waals surface area contributed by atoms with Crippen molar-refractivity contribution in [1.29, 1.82) is 0 Å². The van der Waals surface area contributed by atoms with E-state index in [-0.39, 0.29) is 5.82 Å². The monoisotopic (exact) mass is 405 g/mol. The van der Waals surface area contributed by atoms with Crippen LogP contribution < -0.4 is 5.32 Å².